The fourth-order valence-electron chi connectivity index (χ4n) is 3.28. The maximum Gasteiger partial charge on any atom is 0.261 e. The molecule has 0 saturated carbocycles. The van der Waals surface area contributed by atoms with E-state index in [0.29, 0.717) is 18.2 Å². The lowest BCUT2D eigenvalue weighted by molar-refractivity contribution is 0.0996. The maximum absolute atomic E-state index is 12.9. The standard InChI is InChI=1S/C20H24N2O2/c1-12-8-9-22-18-13(6-5-7-14(12)18)10-15(19(22)24)16(23)11-17(21)20(2,3)4/h5-7,10,12,21H,8-9,11H2,1-4H3. The van der Waals surface area contributed by atoms with E-state index in [1.807, 2.05) is 32.9 Å². The number of aryl methyl sites for hydroxylation is 1. The largest absolute Gasteiger partial charge is 0.309 e. The van der Waals surface area contributed by atoms with Crippen molar-refractivity contribution >= 4 is 22.4 Å². The zero-order chi connectivity index (χ0) is 17.6. The summed E-state index contributed by atoms with van der Waals surface area (Å²) in [7, 11) is 0. The van der Waals surface area contributed by atoms with E-state index in [1.54, 1.807) is 10.6 Å². The Kier molecular flexibility index (Phi) is 3.94. The number of nitrogens with one attached hydrogen (secondary N) is 1. The molecule has 2 heterocycles. The van der Waals surface area contributed by atoms with Crippen molar-refractivity contribution in [1.29, 1.82) is 5.41 Å². The Morgan fingerprint density at radius 2 is 2.04 bits per heavy atom. The fraction of sp³-hybridized carbons (Fsp3) is 0.450. The van der Waals surface area contributed by atoms with Crippen molar-refractivity contribution in [2.24, 2.45) is 5.41 Å². The molecule has 1 unspecified atom stereocenters. The van der Waals surface area contributed by atoms with Crippen LogP contribution in [-0.4, -0.2) is 16.1 Å². The molecule has 0 fully saturated rings. The number of hydrogen-bond donors (Lipinski definition) is 1. The molecule has 24 heavy (non-hydrogen) atoms. The van der Waals surface area contributed by atoms with Gasteiger partial charge in [-0.2, -0.15) is 0 Å². The van der Waals surface area contributed by atoms with Crippen LogP contribution in [0.4, 0.5) is 0 Å². The molecule has 0 aliphatic carbocycles. The molecular formula is C20H24N2O2. The first kappa shape index (κ1) is 16.6. The second-order valence-corrected chi connectivity index (χ2v) is 7.82. The van der Waals surface area contributed by atoms with E-state index in [0.717, 1.165) is 17.3 Å². The molecule has 1 aliphatic heterocycles. The van der Waals surface area contributed by atoms with Gasteiger partial charge < -0.3 is 9.98 Å². The molecule has 1 N–H and O–H groups in total. The van der Waals surface area contributed by atoms with Crippen molar-refractivity contribution in [3.05, 3.63) is 45.7 Å². The predicted molar refractivity (Wildman–Crippen MR) is 97.4 cm³/mol. The van der Waals surface area contributed by atoms with Gasteiger partial charge in [0, 0.05) is 18.7 Å². The third-order valence-electron chi connectivity index (χ3n) is 5.00. The highest BCUT2D eigenvalue weighted by Gasteiger charge is 2.25. The van der Waals surface area contributed by atoms with Crippen molar-refractivity contribution < 1.29 is 4.79 Å². The highest BCUT2D eigenvalue weighted by Crippen LogP contribution is 2.32. The monoisotopic (exact) mass is 324 g/mol. The molecule has 4 nitrogen and oxygen atoms in total. The van der Waals surface area contributed by atoms with E-state index in [-0.39, 0.29) is 28.7 Å². The lowest BCUT2D eigenvalue weighted by atomic mass is 9.86. The van der Waals surface area contributed by atoms with Crippen LogP contribution >= 0.6 is 0 Å². The van der Waals surface area contributed by atoms with Crippen LogP contribution in [0.5, 0.6) is 0 Å². The van der Waals surface area contributed by atoms with Crippen LogP contribution in [0, 0.1) is 10.8 Å². The van der Waals surface area contributed by atoms with E-state index in [4.69, 9.17) is 5.41 Å². The van der Waals surface area contributed by atoms with Gasteiger partial charge in [0.1, 0.15) is 0 Å². The van der Waals surface area contributed by atoms with Crippen LogP contribution in [0.25, 0.3) is 10.9 Å². The molecule has 1 atom stereocenters. The normalized spacial score (nSPS) is 17.1. The molecule has 0 saturated heterocycles. The Hall–Kier alpha value is -2.23. The summed E-state index contributed by atoms with van der Waals surface area (Å²) in [5.74, 6) is 0.165. The number of pyridine rings is 1. The third-order valence-corrected chi connectivity index (χ3v) is 5.00. The summed E-state index contributed by atoms with van der Waals surface area (Å²) in [5, 5.41) is 9.03. The number of ketones is 1. The molecule has 2 aromatic rings. The Labute approximate surface area is 142 Å². The van der Waals surface area contributed by atoms with Gasteiger partial charge in [0.05, 0.1) is 11.1 Å². The highest BCUT2D eigenvalue weighted by molar-refractivity contribution is 6.11. The zero-order valence-corrected chi connectivity index (χ0v) is 14.8. The number of carbonyl (C=O) groups excluding carboxylic acids is 1. The number of para-hydroxylation sites is 1. The summed E-state index contributed by atoms with van der Waals surface area (Å²) < 4.78 is 1.75. The van der Waals surface area contributed by atoms with Crippen molar-refractivity contribution in [1.82, 2.24) is 4.57 Å². The minimum atomic E-state index is -0.362. The highest BCUT2D eigenvalue weighted by atomic mass is 16.1. The molecule has 126 valence electrons. The number of aromatic nitrogens is 1. The summed E-state index contributed by atoms with van der Waals surface area (Å²) in [6.07, 6.45) is 0.905. The second kappa shape index (κ2) is 5.69. The van der Waals surface area contributed by atoms with Gasteiger partial charge in [-0.05, 0) is 34.8 Å². The molecular weight excluding hydrogens is 300 g/mol. The molecule has 0 amide bonds. The molecule has 0 radical (unpaired) electrons. The SMILES string of the molecule is CC1CCn2c(=O)c(C(=O)CC(=N)C(C)(C)C)cc3cccc1c32. The smallest absolute Gasteiger partial charge is 0.261 e. The van der Waals surface area contributed by atoms with E-state index in [2.05, 4.69) is 13.0 Å². The van der Waals surface area contributed by atoms with Crippen molar-refractivity contribution in [2.45, 2.75) is 53.0 Å². The minimum Gasteiger partial charge on any atom is -0.309 e. The van der Waals surface area contributed by atoms with Gasteiger partial charge in [-0.15, -0.1) is 0 Å². The first-order valence-corrected chi connectivity index (χ1v) is 8.47. The van der Waals surface area contributed by atoms with E-state index >= 15 is 0 Å². The van der Waals surface area contributed by atoms with Crippen LogP contribution in [-0.2, 0) is 6.54 Å². The number of carbonyl (C=O) groups is 1. The molecule has 0 spiro atoms. The molecule has 1 aromatic heterocycles. The Morgan fingerprint density at radius 1 is 1.33 bits per heavy atom. The van der Waals surface area contributed by atoms with Gasteiger partial charge in [0.2, 0.25) is 0 Å². The van der Waals surface area contributed by atoms with Gasteiger partial charge in [0.15, 0.2) is 5.78 Å². The van der Waals surface area contributed by atoms with Crippen LogP contribution in [0.15, 0.2) is 29.1 Å². The van der Waals surface area contributed by atoms with Crippen LogP contribution < -0.4 is 5.56 Å². The number of Topliss-reactive ketones (excluding diaryl/α,β-unsaturated/α-hetero) is 1. The first-order chi connectivity index (χ1) is 11.2. The average molecular weight is 324 g/mol. The van der Waals surface area contributed by atoms with Crippen molar-refractivity contribution in [2.75, 3.05) is 0 Å². The van der Waals surface area contributed by atoms with Crippen LogP contribution in [0.1, 0.15) is 62.4 Å². The lowest BCUT2D eigenvalue weighted by Gasteiger charge is -2.25. The summed E-state index contributed by atoms with van der Waals surface area (Å²) in [6, 6.07) is 7.73. The molecule has 4 heteroatoms. The molecule has 0 bridgehead atoms. The Bertz CT molecular complexity index is 900. The summed E-state index contributed by atoms with van der Waals surface area (Å²) in [6.45, 7) is 8.55. The summed E-state index contributed by atoms with van der Waals surface area (Å²) >= 11 is 0. The van der Waals surface area contributed by atoms with Crippen molar-refractivity contribution in [3.63, 3.8) is 0 Å². The second-order valence-electron chi connectivity index (χ2n) is 7.82. The van der Waals surface area contributed by atoms with Gasteiger partial charge in [0.25, 0.3) is 5.56 Å². The third kappa shape index (κ3) is 2.70. The van der Waals surface area contributed by atoms with Gasteiger partial charge >= 0.3 is 0 Å². The lowest BCUT2D eigenvalue weighted by Crippen LogP contribution is -2.31. The Balaban J connectivity index is 2.12. The van der Waals surface area contributed by atoms with E-state index < -0.39 is 0 Å². The first-order valence-electron chi connectivity index (χ1n) is 8.47. The van der Waals surface area contributed by atoms with Crippen LogP contribution in [0.3, 0.4) is 0 Å². The van der Waals surface area contributed by atoms with Gasteiger partial charge in [-0.1, -0.05) is 45.9 Å². The van der Waals surface area contributed by atoms with Gasteiger partial charge in [-0.25, -0.2) is 0 Å². The maximum atomic E-state index is 12.9. The number of nitrogens with zero attached hydrogens (tertiary/aromatic N) is 1. The van der Waals surface area contributed by atoms with E-state index in [1.165, 1.54) is 5.56 Å². The van der Waals surface area contributed by atoms with Gasteiger partial charge in [-0.3, -0.25) is 9.59 Å². The van der Waals surface area contributed by atoms with E-state index in [9.17, 15) is 9.59 Å². The van der Waals surface area contributed by atoms with Crippen molar-refractivity contribution in [3.8, 4) is 0 Å². The number of benzene rings is 1. The molecule has 3 rings (SSSR count). The average Bonchev–Trinajstić information content (AvgIpc) is 2.51. The quantitative estimate of drug-likeness (QED) is 0.681. The summed E-state index contributed by atoms with van der Waals surface area (Å²) in [4.78, 5) is 25.5. The minimum absolute atomic E-state index is 0.000337. The number of hydrogen-bond acceptors (Lipinski definition) is 3. The zero-order valence-electron chi connectivity index (χ0n) is 14.8. The topological polar surface area (TPSA) is 62.9 Å². The van der Waals surface area contributed by atoms with Crippen LogP contribution in [0.2, 0.25) is 0 Å². The molecule has 1 aromatic carbocycles. The molecule has 1 aliphatic rings. The summed E-state index contributed by atoms with van der Waals surface area (Å²) in [5.41, 5.74) is 2.13. The predicted octanol–water partition coefficient (Wildman–Crippen LogP) is 4.15. The number of rotatable bonds is 3. The fourth-order valence-corrected chi connectivity index (χ4v) is 3.28. The Morgan fingerprint density at radius 3 is 2.71 bits per heavy atom.